The van der Waals surface area contributed by atoms with Crippen LogP contribution in [-0.2, 0) is 4.79 Å². The molecular formula is C20H22N4OS. The van der Waals surface area contributed by atoms with Crippen LogP contribution in [0.1, 0.15) is 25.3 Å². The van der Waals surface area contributed by atoms with Crippen LogP contribution in [0.2, 0.25) is 0 Å². The number of nitrogens with zero attached hydrogens (tertiary/aromatic N) is 3. The maximum atomic E-state index is 12.5. The number of benzene rings is 2. The van der Waals surface area contributed by atoms with E-state index in [9.17, 15) is 4.79 Å². The predicted octanol–water partition coefficient (Wildman–Crippen LogP) is 3.67. The van der Waals surface area contributed by atoms with Crippen molar-refractivity contribution in [3.05, 3.63) is 72.6 Å². The molecule has 0 saturated carbocycles. The molecule has 0 aliphatic heterocycles. The Bertz CT molecular complexity index is 835. The van der Waals surface area contributed by atoms with Crippen LogP contribution in [0.5, 0.6) is 0 Å². The van der Waals surface area contributed by atoms with Crippen LogP contribution in [0.3, 0.4) is 0 Å². The molecule has 0 bridgehead atoms. The summed E-state index contributed by atoms with van der Waals surface area (Å²) in [5, 5.41) is 11.6. The van der Waals surface area contributed by atoms with E-state index in [4.69, 9.17) is 0 Å². The van der Waals surface area contributed by atoms with Gasteiger partial charge in [-0.05, 0) is 30.5 Å². The summed E-state index contributed by atoms with van der Waals surface area (Å²) < 4.78 is 1.89. The third-order valence-electron chi connectivity index (χ3n) is 4.15. The fourth-order valence-electron chi connectivity index (χ4n) is 2.58. The monoisotopic (exact) mass is 366 g/mol. The van der Waals surface area contributed by atoms with Crippen LogP contribution < -0.4 is 5.32 Å². The molecule has 0 radical (unpaired) electrons. The van der Waals surface area contributed by atoms with E-state index < -0.39 is 0 Å². The van der Waals surface area contributed by atoms with E-state index in [0.717, 1.165) is 5.69 Å². The van der Waals surface area contributed by atoms with Crippen LogP contribution in [0.15, 0.2) is 72.1 Å². The van der Waals surface area contributed by atoms with Crippen molar-refractivity contribution < 1.29 is 4.79 Å². The smallest absolute Gasteiger partial charge is 0.233 e. The van der Waals surface area contributed by atoms with Gasteiger partial charge in [-0.2, -0.15) is 0 Å². The van der Waals surface area contributed by atoms with Gasteiger partial charge in [0.1, 0.15) is 6.33 Å². The first kappa shape index (κ1) is 18.2. The summed E-state index contributed by atoms with van der Waals surface area (Å²) in [5.41, 5.74) is 2.20. The highest BCUT2D eigenvalue weighted by molar-refractivity contribution is 8.00. The molecule has 26 heavy (non-hydrogen) atoms. The van der Waals surface area contributed by atoms with Crippen LogP contribution in [0.25, 0.3) is 5.69 Å². The molecule has 0 saturated heterocycles. The molecule has 3 rings (SSSR count). The third-order valence-corrected chi connectivity index (χ3v) is 5.21. The highest BCUT2D eigenvalue weighted by atomic mass is 32.2. The average Bonchev–Trinajstić information content (AvgIpc) is 3.15. The topological polar surface area (TPSA) is 59.8 Å². The number of para-hydroxylation sites is 1. The molecule has 2 aromatic carbocycles. The van der Waals surface area contributed by atoms with E-state index in [-0.39, 0.29) is 17.1 Å². The minimum absolute atomic E-state index is 0.000364. The fourth-order valence-corrected chi connectivity index (χ4v) is 3.45. The SMILES string of the molecule is C[C@H](Sc1nncn1-c1ccccc1)C(=O)NC[C@@H](C)c1ccccc1. The van der Waals surface area contributed by atoms with Crippen molar-refractivity contribution in [2.75, 3.05) is 6.54 Å². The van der Waals surface area contributed by atoms with E-state index in [1.54, 1.807) is 6.33 Å². The molecule has 134 valence electrons. The zero-order valence-electron chi connectivity index (χ0n) is 14.9. The minimum Gasteiger partial charge on any atom is -0.355 e. The standard InChI is InChI=1S/C20H22N4OS/c1-15(17-9-5-3-6-10-17)13-21-19(25)16(2)26-20-23-22-14-24(20)18-11-7-4-8-12-18/h3-12,14-16H,13H2,1-2H3,(H,21,25)/t15-,16+/m1/s1. The summed E-state index contributed by atoms with van der Waals surface area (Å²) in [5.74, 6) is 0.269. The molecule has 0 aliphatic carbocycles. The number of hydrogen-bond acceptors (Lipinski definition) is 4. The third kappa shape index (κ3) is 4.52. The van der Waals surface area contributed by atoms with Crippen LogP contribution in [0, 0.1) is 0 Å². The molecule has 0 fully saturated rings. The molecule has 2 atom stereocenters. The Morgan fingerprint density at radius 1 is 1.08 bits per heavy atom. The van der Waals surface area contributed by atoms with Gasteiger partial charge in [0.25, 0.3) is 0 Å². The van der Waals surface area contributed by atoms with Crippen LogP contribution in [0.4, 0.5) is 0 Å². The summed E-state index contributed by atoms with van der Waals surface area (Å²) in [6.07, 6.45) is 1.67. The molecule has 0 aliphatic rings. The zero-order chi connectivity index (χ0) is 18.4. The van der Waals surface area contributed by atoms with Gasteiger partial charge < -0.3 is 5.32 Å². The van der Waals surface area contributed by atoms with Gasteiger partial charge in [0.15, 0.2) is 5.16 Å². The second-order valence-electron chi connectivity index (χ2n) is 6.14. The average molecular weight is 366 g/mol. The Hall–Kier alpha value is -2.60. The number of rotatable bonds is 7. The first-order valence-corrected chi connectivity index (χ1v) is 9.48. The molecule has 5 nitrogen and oxygen atoms in total. The van der Waals surface area contributed by atoms with Crippen molar-refractivity contribution in [3.63, 3.8) is 0 Å². The molecule has 0 spiro atoms. The van der Waals surface area contributed by atoms with Gasteiger partial charge in [-0.25, -0.2) is 0 Å². The van der Waals surface area contributed by atoms with Crippen molar-refractivity contribution in [1.82, 2.24) is 20.1 Å². The molecular weight excluding hydrogens is 344 g/mol. The summed E-state index contributed by atoms with van der Waals surface area (Å²) in [6.45, 7) is 4.61. The van der Waals surface area contributed by atoms with Gasteiger partial charge in [0.05, 0.1) is 5.25 Å². The normalized spacial score (nSPS) is 13.2. The number of carbonyl (C=O) groups excluding carboxylic acids is 1. The number of thioether (sulfide) groups is 1. The largest absolute Gasteiger partial charge is 0.355 e. The molecule has 3 aromatic rings. The zero-order valence-corrected chi connectivity index (χ0v) is 15.7. The van der Waals surface area contributed by atoms with Gasteiger partial charge >= 0.3 is 0 Å². The molecule has 1 amide bonds. The van der Waals surface area contributed by atoms with Gasteiger partial charge in [-0.1, -0.05) is 67.2 Å². The molecule has 1 aromatic heterocycles. The number of hydrogen-bond donors (Lipinski definition) is 1. The lowest BCUT2D eigenvalue weighted by molar-refractivity contribution is -0.120. The number of aromatic nitrogens is 3. The van der Waals surface area contributed by atoms with Gasteiger partial charge in [-0.15, -0.1) is 10.2 Å². The van der Waals surface area contributed by atoms with Crippen molar-refractivity contribution in [2.24, 2.45) is 0 Å². The second-order valence-corrected chi connectivity index (χ2v) is 7.44. The lowest BCUT2D eigenvalue weighted by Crippen LogP contribution is -2.33. The fraction of sp³-hybridized carbons (Fsp3) is 0.250. The van der Waals surface area contributed by atoms with Crippen LogP contribution >= 0.6 is 11.8 Å². The van der Waals surface area contributed by atoms with Gasteiger partial charge in [0, 0.05) is 12.2 Å². The summed E-state index contributed by atoms with van der Waals surface area (Å²) >= 11 is 1.40. The predicted molar refractivity (Wildman–Crippen MR) is 105 cm³/mol. The highest BCUT2D eigenvalue weighted by Crippen LogP contribution is 2.24. The maximum Gasteiger partial charge on any atom is 0.233 e. The van der Waals surface area contributed by atoms with Crippen molar-refractivity contribution in [3.8, 4) is 5.69 Å². The second kappa shape index (κ2) is 8.67. The number of nitrogens with one attached hydrogen (secondary N) is 1. The summed E-state index contributed by atoms with van der Waals surface area (Å²) in [6, 6.07) is 20.1. The number of carbonyl (C=O) groups is 1. The van der Waals surface area contributed by atoms with E-state index in [1.165, 1.54) is 17.3 Å². The van der Waals surface area contributed by atoms with Crippen molar-refractivity contribution in [2.45, 2.75) is 30.2 Å². The Kier molecular flexibility index (Phi) is 6.07. The van der Waals surface area contributed by atoms with E-state index in [2.05, 4.69) is 34.6 Å². The van der Waals surface area contributed by atoms with Crippen molar-refractivity contribution >= 4 is 17.7 Å². The molecule has 1 N–H and O–H groups in total. The maximum absolute atomic E-state index is 12.5. The van der Waals surface area contributed by atoms with E-state index in [1.807, 2.05) is 60.0 Å². The van der Waals surface area contributed by atoms with Crippen LogP contribution in [-0.4, -0.2) is 32.5 Å². The summed E-state index contributed by atoms with van der Waals surface area (Å²) in [4.78, 5) is 12.5. The lowest BCUT2D eigenvalue weighted by atomic mass is 10.0. The highest BCUT2D eigenvalue weighted by Gasteiger charge is 2.19. The van der Waals surface area contributed by atoms with Crippen molar-refractivity contribution in [1.29, 1.82) is 0 Å². The summed E-state index contributed by atoms with van der Waals surface area (Å²) in [7, 11) is 0. The van der Waals surface area contributed by atoms with E-state index >= 15 is 0 Å². The lowest BCUT2D eigenvalue weighted by Gasteiger charge is -2.16. The van der Waals surface area contributed by atoms with Gasteiger partial charge in [0.2, 0.25) is 5.91 Å². The Morgan fingerprint density at radius 2 is 1.73 bits per heavy atom. The Labute approximate surface area is 157 Å². The quantitative estimate of drug-likeness (QED) is 0.648. The first-order valence-electron chi connectivity index (χ1n) is 8.60. The molecule has 6 heteroatoms. The number of amides is 1. The Morgan fingerprint density at radius 3 is 2.42 bits per heavy atom. The van der Waals surface area contributed by atoms with Gasteiger partial charge in [-0.3, -0.25) is 9.36 Å². The molecule has 0 unspecified atom stereocenters. The Balaban J connectivity index is 1.58. The molecule has 1 heterocycles. The van der Waals surface area contributed by atoms with E-state index in [0.29, 0.717) is 11.7 Å². The minimum atomic E-state index is -0.260. The first-order chi connectivity index (χ1) is 12.6.